The second-order valence-electron chi connectivity index (χ2n) is 9.75. The molecule has 0 aliphatic heterocycles. The standard InChI is InChI=1S/C32H36Cl3N3O/c1-24(18-25-10-6-4-7-11-25)37-31(28-12-8-5-9-13-28)22-38(3)21-29(36)19-26-14-15-27(30(33)20-26)16-17-39-23-32(2,34)35/h4-15,19-20,22H,16-18,21,23,36H2,1-3H3/b29-19-,31-22-,37-24+. The number of benzene rings is 3. The van der Waals surface area contributed by atoms with E-state index < -0.39 is 4.33 Å². The van der Waals surface area contributed by atoms with Crippen LogP contribution in [0, 0.1) is 0 Å². The van der Waals surface area contributed by atoms with Crippen molar-refractivity contribution in [3.8, 4) is 0 Å². The van der Waals surface area contributed by atoms with Crippen molar-refractivity contribution in [1.82, 2.24) is 4.90 Å². The van der Waals surface area contributed by atoms with Gasteiger partial charge in [0.2, 0.25) is 0 Å². The molecule has 2 N–H and O–H groups in total. The highest BCUT2D eigenvalue weighted by Crippen LogP contribution is 2.22. The number of alkyl halides is 2. The first kappa shape index (κ1) is 30.8. The number of hydrogen-bond acceptors (Lipinski definition) is 4. The Balaban J connectivity index is 1.68. The topological polar surface area (TPSA) is 50.8 Å². The maximum Gasteiger partial charge on any atom is 0.138 e. The molecule has 0 saturated heterocycles. The van der Waals surface area contributed by atoms with Crippen LogP contribution >= 0.6 is 34.8 Å². The van der Waals surface area contributed by atoms with Crippen molar-refractivity contribution >= 4 is 52.3 Å². The summed E-state index contributed by atoms with van der Waals surface area (Å²) in [5.41, 5.74) is 13.3. The third-order valence-corrected chi connectivity index (χ3v) is 6.33. The lowest BCUT2D eigenvalue weighted by atomic mass is 10.1. The summed E-state index contributed by atoms with van der Waals surface area (Å²) in [6.07, 6.45) is 5.43. The fraction of sp³-hybridized carbons (Fsp3) is 0.281. The molecule has 0 saturated carbocycles. The molecule has 0 aromatic heterocycles. The Morgan fingerprint density at radius 1 is 1.03 bits per heavy atom. The first-order valence-electron chi connectivity index (χ1n) is 12.8. The fourth-order valence-electron chi connectivity index (χ4n) is 4.00. The van der Waals surface area contributed by atoms with E-state index in [1.165, 1.54) is 5.56 Å². The van der Waals surface area contributed by atoms with Crippen LogP contribution in [0.25, 0.3) is 11.8 Å². The van der Waals surface area contributed by atoms with E-state index in [0.717, 1.165) is 34.5 Å². The van der Waals surface area contributed by atoms with Gasteiger partial charge in [0.1, 0.15) is 4.33 Å². The van der Waals surface area contributed by atoms with E-state index in [0.29, 0.717) is 30.3 Å². The van der Waals surface area contributed by atoms with Crippen molar-refractivity contribution in [2.75, 3.05) is 26.8 Å². The number of halogens is 3. The van der Waals surface area contributed by atoms with Crippen LogP contribution in [0.3, 0.4) is 0 Å². The Hall–Kier alpha value is -2.76. The molecule has 0 fully saturated rings. The first-order valence-corrected chi connectivity index (χ1v) is 14.0. The van der Waals surface area contributed by atoms with Crippen LogP contribution < -0.4 is 5.73 Å². The molecule has 0 aliphatic carbocycles. The van der Waals surface area contributed by atoms with Gasteiger partial charge in [0.05, 0.1) is 25.5 Å². The van der Waals surface area contributed by atoms with E-state index in [-0.39, 0.29) is 6.61 Å². The van der Waals surface area contributed by atoms with Gasteiger partial charge in [0, 0.05) is 41.7 Å². The maximum absolute atomic E-state index is 6.52. The molecule has 3 aromatic rings. The van der Waals surface area contributed by atoms with E-state index in [9.17, 15) is 0 Å². The summed E-state index contributed by atoms with van der Waals surface area (Å²) in [5, 5.41) is 0.669. The lowest BCUT2D eigenvalue weighted by Gasteiger charge is -2.17. The van der Waals surface area contributed by atoms with Crippen LogP contribution in [-0.2, 0) is 17.6 Å². The second kappa shape index (κ2) is 15.1. The van der Waals surface area contributed by atoms with Crippen molar-refractivity contribution < 1.29 is 4.74 Å². The minimum atomic E-state index is -0.895. The molecule has 0 spiro atoms. The minimum absolute atomic E-state index is 0.261. The Bertz CT molecular complexity index is 1280. The summed E-state index contributed by atoms with van der Waals surface area (Å²) in [5.74, 6) is 0. The van der Waals surface area contributed by atoms with Gasteiger partial charge >= 0.3 is 0 Å². The summed E-state index contributed by atoms with van der Waals surface area (Å²) in [7, 11) is 1.99. The molecular formula is C32H36Cl3N3O. The van der Waals surface area contributed by atoms with Crippen molar-refractivity contribution in [1.29, 1.82) is 0 Å². The third kappa shape index (κ3) is 11.5. The maximum atomic E-state index is 6.52. The summed E-state index contributed by atoms with van der Waals surface area (Å²) < 4.78 is 4.64. The molecule has 206 valence electrons. The average molecular weight is 585 g/mol. The van der Waals surface area contributed by atoms with Crippen LogP contribution in [0.5, 0.6) is 0 Å². The van der Waals surface area contributed by atoms with Gasteiger partial charge in [-0.1, -0.05) is 108 Å². The molecule has 0 radical (unpaired) electrons. The Morgan fingerprint density at radius 3 is 2.33 bits per heavy atom. The molecule has 0 aliphatic rings. The zero-order valence-corrected chi connectivity index (χ0v) is 25.0. The predicted molar refractivity (Wildman–Crippen MR) is 169 cm³/mol. The lowest BCUT2D eigenvalue weighted by molar-refractivity contribution is 0.133. The Morgan fingerprint density at radius 2 is 1.69 bits per heavy atom. The number of rotatable bonds is 13. The van der Waals surface area contributed by atoms with Gasteiger partial charge in [-0.3, -0.25) is 4.99 Å². The van der Waals surface area contributed by atoms with E-state index in [4.69, 9.17) is 50.3 Å². The van der Waals surface area contributed by atoms with Gasteiger partial charge in [-0.15, -0.1) is 0 Å². The number of hydrogen-bond donors (Lipinski definition) is 1. The molecule has 3 rings (SSSR count). The molecule has 3 aromatic carbocycles. The molecular weight excluding hydrogens is 549 g/mol. The Labute approximate surface area is 247 Å². The number of nitrogens with two attached hydrogens (primary N) is 1. The smallest absolute Gasteiger partial charge is 0.138 e. The van der Waals surface area contributed by atoms with Gasteiger partial charge in [0.15, 0.2) is 0 Å². The summed E-state index contributed by atoms with van der Waals surface area (Å²) >= 11 is 18.4. The van der Waals surface area contributed by atoms with Crippen molar-refractivity contribution in [3.05, 3.63) is 118 Å². The zero-order valence-electron chi connectivity index (χ0n) is 22.7. The lowest BCUT2D eigenvalue weighted by Crippen LogP contribution is -2.19. The van der Waals surface area contributed by atoms with Crippen LogP contribution in [0.4, 0.5) is 0 Å². The molecule has 39 heavy (non-hydrogen) atoms. The first-order chi connectivity index (χ1) is 18.6. The van der Waals surface area contributed by atoms with Gasteiger partial charge in [-0.25, -0.2) is 0 Å². The third-order valence-electron chi connectivity index (χ3n) is 5.76. The number of likely N-dealkylation sites (N-methyl/N-ethyl adjacent to an activating group) is 1. The van der Waals surface area contributed by atoms with E-state index >= 15 is 0 Å². The van der Waals surface area contributed by atoms with Crippen LogP contribution in [0.1, 0.15) is 36.1 Å². The van der Waals surface area contributed by atoms with Gasteiger partial charge < -0.3 is 15.4 Å². The molecule has 0 bridgehead atoms. The summed E-state index contributed by atoms with van der Waals surface area (Å²) in [6.45, 7) is 5.04. The van der Waals surface area contributed by atoms with E-state index in [2.05, 4.69) is 31.2 Å². The minimum Gasteiger partial charge on any atom is -0.401 e. The fourth-order valence-corrected chi connectivity index (χ4v) is 4.44. The number of aliphatic imine (C=N–C) groups is 1. The van der Waals surface area contributed by atoms with Crippen LogP contribution in [-0.4, -0.2) is 41.8 Å². The van der Waals surface area contributed by atoms with Gasteiger partial charge in [-0.05, 0) is 49.1 Å². The van der Waals surface area contributed by atoms with Crippen molar-refractivity contribution in [2.45, 2.75) is 31.0 Å². The van der Waals surface area contributed by atoms with E-state index in [1.54, 1.807) is 6.92 Å². The van der Waals surface area contributed by atoms with Gasteiger partial charge in [-0.2, -0.15) is 0 Å². The van der Waals surface area contributed by atoms with Crippen molar-refractivity contribution in [3.63, 3.8) is 0 Å². The average Bonchev–Trinajstić information content (AvgIpc) is 2.87. The summed E-state index contributed by atoms with van der Waals surface area (Å²) in [4.78, 5) is 7.02. The van der Waals surface area contributed by atoms with E-state index in [1.807, 2.05) is 78.8 Å². The molecule has 4 nitrogen and oxygen atoms in total. The zero-order chi connectivity index (χ0) is 28.3. The second-order valence-corrected chi connectivity index (χ2v) is 12.0. The normalized spacial score (nSPS) is 13.0. The Kier molecular flexibility index (Phi) is 11.9. The highest BCUT2D eigenvalue weighted by atomic mass is 35.5. The molecule has 7 heteroatoms. The largest absolute Gasteiger partial charge is 0.401 e. The number of nitrogens with zero attached hydrogens (tertiary/aromatic N) is 2. The monoisotopic (exact) mass is 583 g/mol. The van der Waals surface area contributed by atoms with Crippen LogP contribution in [0.15, 0.2) is 95.8 Å². The highest BCUT2D eigenvalue weighted by Gasteiger charge is 2.16. The van der Waals surface area contributed by atoms with Crippen LogP contribution in [0.2, 0.25) is 5.02 Å². The predicted octanol–water partition coefficient (Wildman–Crippen LogP) is 8.03. The number of ether oxygens (including phenoxy) is 1. The highest BCUT2D eigenvalue weighted by molar-refractivity contribution is 6.48. The molecule has 0 atom stereocenters. The molecule has 0 heterocycles. The molecule has 0 amide bonds. The summed E-state index contributed by atoms with van der Waals surface area (Å²) in [6, 6.07) is 26.4. The SMILES string of the molecule is C/C(Cc1ccccc1)=N\C(=C/N(C)C/C(N)=C/c1ccc(CCOCC(C)(Cl)Cl)c(Cl)c1)c1ccccc1. The quantitative estimate of drug-likeness (QED) is 0.126. The van der Waals surface area contributed by atoms with Crippen molar-refractivity contribution in [2.24, 2.45) is 10.7 Å². The molecule has 0 unspecified atom stereocenters. The van der Waals surface area contributed by atoms with Gasteiger partial charge in [0.25, 0.3) is 0 Å².